The Morgan fingerprint density at radius 1 is 1.29 bits per heavy atom. The van der Waals surface area contributed by atoms with E-state index < -0.39 is 27.6 Å². The van der Waals surface area contributed by atoms with Gasteiger partial charge in [-0.15, -0.1) is 0 Å². The lowest BCUT2D eigenvalue weighted by molar-refractivity contribution is -0.101. The van der Waals surface area contributed by atoms with E-state index >= 15 is 0 Å². The Morgan fingerprint density at radius 3 is 2.52 bits per heavy atom. The molecule has 0 amide bonds. The van der Waals surface area contributed by atoms with Crippen molar-refractivity contribution in [1.29, 1.82) is 0 Å². The number of hydrogen-bond acceptors (Lipinski definition) is 4. The number of rotatable bonds is 5. The van der Waals surface area contributed by atoms with Gasteiger partial charge in [0.2, 0.25) is 0 Å². The van der Waals surface area contributed by atoms with Crippen LogP contribution in [0.5, 0.6) is 0 Å². The van der Waals surface area contributed by atoms with Gasteiger partial charge in [-0.3, -0.25) is 4.55 Å². The molecular weight excluding hydrogens is 306 g/mol. The number of halogens is 2. The van der Waals surface area contributed by atoms with Crippen LogP contribution in [0.25, 0.3) is 0 Å². The summed E-state index contributed by atoms with van der Waals surface area (Å²) >= 11 is 0. The number of hydrogen-bond donors (Lipinski definition) is 2. The van der Waals surface area contributed by atoms with Crippen molar-refractivity contribution in [2.24, 2.45) is 29.6 Å². The lowest BCUT2D eigenvalue weighted by Gasteiger charge is -2.42. The van der Waals surface area contributed by atoms with Gasteiger partial charge in [0.1, 0.15) is 6.61 Å². The third kappa shape index (κ3) is 2.31. The molecule has 0 spiro atoms. The van der Waals surface area contributed by atoms with Crippen LogP contribution in [0.2, 0.25) is 0 Å². The number of alkyl halides is 2. The first-order valence-corrected chi connectivity index (χ1v) is 8.63. The second-order valence-corrected chi connectivity index (χ2v) is 8.51. The summed E-state index contributed by atoms with van der Waals surface area (Å²) in [5, 5.41) is 6.30. The first-order chi connectivity index (χ1) is 9.54. The van der Waals surface area contributed by atoms with Crippen LogP contribution in [0.15, 0.2) is 0 Å². The average molecular weight is 326 g/mol. The second kappa shape index (κ2) is 4.59. The highest BCUT2D eigenvalue weighted by molar-refractivity contribution is 7.86. The highest BCUT2D eigenvalue weighted by atomic mass is 32.2. The lowest BCUT2D eigenvalue weighted by Crippen LogP contribution is -2.47. The van der Waals surface area contributed by atoms with Crippen molar-refractivity contribution in [3.8, 4) is 0 Å². The summed E-state index contributed by atoms with van der Waals surface area (Å²) in [4.78, 5) is 0. The van der Waals surface area contributed by atoms with E-state index in [0.29, 0.717) is 11.8 Å². The summed E-state index contributed by atoms with van der Waals surface area (Å²) in [7, 11) is -5.45. The molecule has 2 N–H and O–H groups in total. The molecule has 4 fully saturated rings. The normalized spacial score (nSPS) is 45.5. The summed E-state index contributed by atoms with van der Waals surface area (Å²) in [5.41, 5.74) is -0.780. The van der Waals surface area contributed by atoms with E-state index in [9.17, 15) is 22.3 Å². The fraction of sp³-hybridized carbons (Fsp3) is 1.00. The van der Waals surface area contributed by atoms with Crippen molar-refractivity contribution in [3.05, 3.63) is 0 Å². The Kier molecular flexibility index (Phi) is 3.41. The van der Waals surface area contributed by atoms with Gasteiger partial charge in [-0.2, -0.15) is 17.2 Å². The maximum Gasteiger partial charge on any atom is 0.392 e. The molecule has 0 aliphatic heterocycles. The van der Waals surface area contributed by atoms with Gasteiger partial charge < -0.3 is 9.84 Å². The molecule has 0 aromatic heterocycles. The molecule has 0 heterocycles. The van der Waals surface area contributed by atoms with E-state index in [1.54, 1.807) is 0 Å². The summed E-state index contributed by atoms with van der Waals surface area (Å²) < 4.78 is 60.6. The quantitative estimate of drug-likeness (QED) is 0.749. The van der Waals surface area contributed by atoms with Crippen LogP contribution in [0, 0.1) is 29.6 Å². The zero-order chi connectivity index (χ0) is 15.6. The molecule has 4 rings (SSSR count). The topological polar surface area (TPSA) is 83.8 Å². The summed E-state index contributed by atoms with van der Waals surface area (Å²) in [6.07, 6.45) is 2.84. The molecule has 4 aliphatic rings. The first kappa shape index (κ1) is 15.6. The molecule has 5 nitrogen and oxygen atoms in total. The van der Waals surface area contributed by atoms with E-state index in [4.69, 9.17) is 9.29 Å². The van der Waals surface area contributed by atoms with Gasteiger partial charge in [0.15, 0.2) is 0 Å². The van der Waals surface area contributed by atoms with E-state index in [2.05, 4.69) is 0 Å². The van der Waals surface area contributed by atoms with E-state index in [0.717, 1.165) is 19.3 Å². The van der Waals surface area contributed by atoms with Gasteiger partial charge in [-0.1, -0.05) is 0 Å². The van der Waals surface area contributed by atoms with Gasteiger partial charge in [-0.25, -0.2) is 0 Å². The molecule has 6 atom stereocenters. The van der Waals surface area contributed by atoms with Crippen molar-refractivity contribution in [2.45, 2.75) is 37.0 Å². The standard InChI is InChI=1S/C13H20F2O5S/c1-12(16)9-3-7-2-8(4-9)11(12)10(7)5-20-6-13(14,15)21(17,18)19/h7-11,16H,2-6H2,1H3,(H,17,18,19). The number of aliphatic hydroxyl groups is 1. The molecule has 0 radical (unpaired) electrons. The van der Waals surface area contributed by atoms with Crippen LogP contribution in [-0.2, 0) is 14.9 Å². The van der Waals surface area contributed by atoms with Crippen LogP contribution in [0.1, 0.15) is 26.2 Å². The maximum absolute atomic E-state index is 13.1. The minimum atomic E-state index is -5.45. The van der Waals surface area contributed by atoms with E-state index in [1.807, 2.05) is 6.92 Å². The van der Waals surface area contributed by atoms with Gasteiger partial charge in [0.25, 0.3) is 0 Å². The van der Waals surface area contributed by atoms with Crippen LogP contribution in [0.3, 0.4) is 0 Å². The SMILES string of the molecule is CC1(O)C2CC3CC(C2)C1C3COCC(F)(F)S(=O)(=O)O. The molecule has 0 aromatic carbocycles. The first-order valence-electron chi connectivity index (χ1n) is 7.19. The molecule has 21 heavy (non-hydrogen) atoms. The third-order valence-corrected chi connectivity index (χ3v) is 6.69. The molecule has 4 bridgehead atoms. The van der Waals surface area contributed by atoms with Crippen molar-refractivity contribution < 1.29 is 31.6 Å². The minimum Gasteiger partial charge on any atom is -0.390 e. The Bertz CT molecular complexity index is 533. The maximum atomic E-state index is 13.1. The second-order valence-electron chi connectivity index (χ2n) is 6.97. The van der Waals surface area contributed by atoms with Crippen LogP contribution in [-0.4, -0.2) is 42.1 Å². The average Bonchev–Trinajstić information content (AvgIpc) is 2.67. The zero-order valence-corrected chi connectivity index (χ0v) is 12.5. The Balaban J connectivity index is 1.63. The van der Waals surface area contributed by atoms with Gasteiger partial charge in [0.05, 0.1) is 12.2 Å². The molecule has 122 valence electrons. The minimum absolute atomic E-state index is 0.000185. The third-order valence-electron chi connectivity index (χ3n) is 5.81. The zero-order valence-electron chi connectivity index (χ0n) is 11.7. The van der Waals surface area contributed by atoms with Crippen LogP contribution in [0.4, 0.5) is 8.78 Å². The summed E-state index contributed by atoms with van der Waals surface area (Å²) in [5.74, 6) is 1.08. The fourth-order valence-electron chi connectivity index (χ4n) is 4.98. The largest absolute Gasteiger partial charge is 0.392 e. The molecule has 6 unspecified atom stereocenters. The fourth-order valence-corrected chi connectivity index (χ4v) is 5.21. The van der Waals surface area contributed by atoms with E-state index in [1.165, 1.54) is 0 Å². The molecule has 0 aromatic rings. The van der Waals surface area contributed by atoms with Gasteiger partial charge in [-0.05, 0) is 55.8 Å². The highest BCUT2D eigenvalue weighted by Gasteiger charge is 2.64. The molecule has 4 saturated carbocycles. The number of ether oxygens (including phenoxy) is 1. The monoisotopic (exact) mass is 326 g/mol. The molecule has 0 saturated heterocycles. The Morgan fingerprint density at radius 2 is 1.90 bits per heavy atom. The molecular formula is C13H20F2O5S. The van der Waals surface area contributed by atoms with Crippen molar-refractivity contribution >= 4 is 10.1 Å². The van der Waals surface area contributed by atoms with Gasteiger partial charge >= 0.3 is 15.4 Å². The lowest BCUT2D eigenvalue weighted by atomic mass is 9.68. The van der Waals surface area contributed by atoms with Crippen LogP contribution < -0.4 is 0 Å². The van der Waals surface area contributed by atoms with Crippen molar-refractivity contribution in [1.82, 2.24) is 0 Å². The molecule has 4 aliphatic carbocycles. The Labute approximate surface area is 122 Å². The predicted molar refractivity (Wildman–Crippen MR) is 69.2 cm³/mol. The van der Waals surface area contributed by atoms with Gasteiger partial charge in [0, 0.05) is 0 Å². The smallest absolute Gasteiger partial charge is 0.390 e. The predicted octanol–water partition coefficient (Wildman–Crippen LogP) is 1.53. The summed E-state index contributed by atoms with van der Waals surface area (Å²) in [6.45, 7) is 0.460. The highest BCUT2D eigenvalue weighted by Crippen LogP contribution is 2.65. The van der Waals surface area contributed by atoms with Crippen molar-refractivity contribution in [2.75, 3.05) is 13.2 Å². The molecule has 8 heteroatoms. The van der Waals surface area contributed by atoms with Crippen LogP contribution >= 0.6 is 0 Å². The van der Waals surface area contributed by atoms with Crippen molar-refractivity contribution in [3.63, 3.8) is 0 Å². The summed E-state index contributed by atoms with van der Waals surface area (Å²) in [6, 6.07) is 0. The van der Waals surface area contributed by atoms with E-state index in [-0.39, 0.29) is 24.4 Å². The Hall–Kier alpha value is -0.310.